The Kier molecular flexibility index (Phi) is 6.37. The van der Waals surface area contributed by atoms with Gasteiger partial charge in [0, 0.05) is 61.6 Å². The average molecular weight is 510 g/mol. The van der Waals surface area contributed by atoms with Crippen LogP contribution in [0.15, 0.2) is 67.3 Å². The summed E-state index contributed by atoms with van der Waals surface area (Å²) in [6.45, 7) is 6.02. The number of aromatic nitrogens is 4. The lowest BCUT2D eigenvalue weighted by atomic mass is 10.1. The van der Waals surface area contributed by atoms with Crippen molar-refractivity contribution in [1.82, 2.24) is 23.4 Å². The van der Waals surface area contributed by atoms with Gasteiger partial charge in [-0.1, -0.05) is 0 Å². The molecule has 9 nitrogen and oxygen atoms in total. The second-order valence-corrected chi connectivity index (χ2v) is 10.6. The van der Waals surface area contributed by atoms with E-state index in [1.165, 1.54) is 16.4 Å². The molecule has 1 aliphatic rings. The molecule has 1 aliphatic heterocycles. The molecule has 0 spiro atoms. The molecule has 0 bridgehead atoms. The number of nitrogens with two attached hydrogens (primary N) is 1. The zero-order chi connectivity index (χ0) is 25.4. The molecule has 4 aromatic rings. The van der Waals surface area contributed by atoms with Crippen molar-refractivity contribution in [3.05, 3.63) is 73.1 Å². The molecule has 2 aromatic heterocycles. The Morgan fingerprint density at radius 3 is 2.17 bits per heavy atom. The molecule has 0 unspecified atom stereocenters. The second-order valence-electron chi connectivity index (χ2n) is 9.02. The minimum Gasteiger partial charge on any atom is -0.369 e. The standard InChI is InChI=1S/C25H28FN7O2S/c1-18(2)33-17-29-23(19-3-5-20(26)6-4-19)24(33)25-28-11-12-32(25)22-9-7-21(8-10-22)30-13-15-31(16-14-30)36(27,34)35/h3-12,17-18H,13-16H2,1-2H3,(H2,27,34,35). The Bertz CT molecular complexity index is 1450. The van der Waals surface area contributed by atoms with E-state index in [9.17, 15) is 12.8 Å². The van der Waals surface area contributed by atoms with Crippen LogP contribution in [-0.4, -0.2) is 58.0 Å². The van der Waals surface area contributed by atoms with Gasteiger partial charge in [-0.05, 0) is 62.4 Å². The van der Waals surface area contributed by atoms with Gasteiger partial charge in [-0.15, -0.1) is 0 Å². The van der Waals surface area contributed by atoms with Crippen LogP contribution in [0, 0.1) is 5.82 Å². The van der Waals surface area contributed by atoms with Gasteiger partial charge in [0.2, 0.25) is 0 Å². The summed E-state index contributed by atoms with van der Waals surface area (Å²) < 4.78 is 42.1. The summed E-state index contributed by atoms with van der Waals surface area (Å²) in [5.41, 5.74) is 4.34. The fourth-order valence-electron chi connectivity index (χ4n) is 4.50. The number of rotatable bonds is 6. The number of imidazole rings is 2. The zero-order valence-corrected chi connectivity index (χ0v) is 20.9. The molecule has 0 amide bonds. The monoisotopic (exact) mass is 509 g/mol. The van der Waals surface area contributed by atoms with E-state index in [1.807, 2.05) is 35.0 Å². The first-order valence-electron chi connectivity index (χ1n) is 11.7. The van der Waals surface area contributed by atoms with Gasteiger partial charge in [0.25, 0.3) is 10.2 Å². The summed E-state index contributed by atoms with van der Waals surface area (Å²) in [6.07, 6.45) is 5.45. The molecule has 0 radical (unpaired) electrons. The van der Waals surface area contributed by atoms with Gasteiger partial charge in [-0.25, -0.2) is 19.5 Å². The lowest BCUT2D eigenvalue weighted by Gasteiger charge is -2.34. The summed E-state index contributed by atoms with van der Waals surface area (Å²) in [5.74, 6) is 0.436. The van der Waals surface area contributed by atoms with Crippen molar-refractivity contribution in [2.45, 2.75) is 19.9 Å². The van der Waals surface area contributed by atoms with E-state index < -0.39 is 10.2 Å². The molecule has 0 saturated carbocycles. The predicted molar refractivity (Wildman–Crippen MR) is 137 cm³/mol. The first-order valence-corrected chi connectivity index (χ1v) is 13.2. The Morgan fingerprint density at radius 1 is 0.917 bits per heavy atom. The molecule has 0 aliphatic carbocycles. The van der Waals surface area contributed by atoms with E-state index in [-0.39, 0.29) is 11.9 Å². The quantitative estimate of drug-likeness (QED) is 0.429. The van der Waals surface area contributed by atoms with Crippen LogP contribution in [0.5, 0.6) is 0 Å². The van der Waals surface area contributed by atoms with Crippen molar-refractivity contribution in [2.75, 3.05) is 31.1 Å². The van der Waals surface area contributed by atoms with Gasteiger partial charge in [0.1, 0.15) is 11.5 Å². The molecule has 1 saturated heterocycles. The number of anilines is 1. The zero-order valence-electron chi connectivity index (χ0n) is 20.1. The Hall–Kier alpha value is -3.54. The Balaban J connectivity index is 1.46. The highest BCUT2D eigenvalue weighted by molar-refractivity contribution is 7.86. The molecule has 0 atom stereocenters. The first kappa shape index (κ1) is 24.2. The fourth-order valence-corrected chi connectivity index (χ4v) is 5.18. The van der Waals surface area contributed by atoms with Crippen molar-refractivity contribution in [1.29, 1.82) is 0 Å². The molecule has 5 rings (SSSR count). The Labute approximate surface area is 209 Å². The molecule has 36 heavy (non-hydrogen) atoms. The number of benzene rings is 2. The summed E-state index contributed by atoms with van der Waals surface area (Å²) in [4.78, 5) is 11.5. The number of piperazine rings is 1. The van der Waals surface area contributed by atoms with E-state index in [4.69, 9.17) is 5.14 Å². The van der Waals surface area contributed by atoms with Gasteiger partial charge < -0.3 is 9.47 Å². The number of halogens is 1. The van der Waals surface area contributed by atoms with Crippen LogP contribution in [0.4, 0.5) is 10.1 Å². The largest absolute Gasteiger partial charge is 0.369 e. The van der Waals surface area contributed by atoms with Crippen LogP contribution in [0.3, 0.4) is 0 Å². The van der Waals surface area contributed by atoms with Gasteiger partial charge in [0.05, 0.1) is 12.0 Å². The predicted octanol–water partition coefficient (Wildman–Crippen LogP) is 3.45. The van der Waals surface area contributed by atoms with Crippen LogP contribution < -0.4 is 10.0 Å². The van der Waals surface area contributed by atoms with Crippen molar-refractivity contribution in [2.24, 2.45) is 5.14 Å². The minimum atomic E-state index is -3.66. The SMILES string of the molecule is CC(C)n1cnc(-c2ccc(F)cc2)c1-c1nccn1-c1ccc(N2CCN(S(N)(=O)=O)CC2)cc1. The summed E-state index contributed by atoms with van der Waals surface area (Å²) in [5, 5.41) is 5.25. The maximum Gasteiger partial charge on any atom is 0.277 e. The second kappa shape index (κ2) is 9.49. The van der Waals surface area contributed by atoms with Gasteiger partial charge >= 0.3 is 0 Å². The smallest absolute Gasteiger partial charge is 0.277 e. The fraction of sp³-hybridized carbons (Fsp3) is 0.280. The highest BCUT2D eigenvalue weighted by Gasteiger charge is 2.25. The van der Waals surface area contributed by atoms with Crippen LogP contribution >= 0.6 is 0 Å². The van der Waals surface area contributed by atoms with Crippen molar-refractivity contribution in [3.8, 4) is 28.5 Å². The third-order valence-electron chi connectivity index (χ3n) is 6.41. The van der Waals surface area contributed by atoms with Crippen molar-refractivity contribution >= 4 is 15.9 Å². The number of hydrogen-bond donors (Lipinski definition) is 1. The topological polar surface area (TPSA) is 102 Å². The number of nitrogens with zero attached hydrogens (tertiary/aromatic N) is 6. The molecule has 11 heteroatoms. The van der Waals surface area contributed by atoms with Gasteiger partial charge in [-0.3, -0.25) is 4.57 Å². The first-order chi connectivity index (χ1) is 17.2. The average Bonchev–Trinajstić information content (AvgIpc) is 3.51. The van der Waals surface area contributed by atoms with Crippen molar-refractivity contribution in [3.63, 3.8) is 0 Å². The summed E-state index contributed by atoms with van der Waals surface area (Å²) in [7, 11) is -3.66. The van der Waals surface area contributed by atoms with Gasteiger partial charge in [0.15, 0.2) is 5.82 Å². The molecule has 3 heterocycles. The lowest BCUT2D eigenvalue weighted by molar-refractivity contribution is 0.385. The third-order valence-corrected chi connectivity index (χ3v) is 7.50. The lowest BCUT2D eigenvalue weighted by Crippen LogP contribution is -2.50. The van der Waals surface area contributed by atoms with Crippen LogP contribution in [-0.2, 0) is 10.2 Å². The van der Waals surface area contributed by atoms with Crippen molar-refractivity contribution < 1.29 is 12.8 Å². The molecular weight excluding hydrogens is 481 g/mol. The van der Waals surface area contributed by atoms with Gasteiger partial charge in [-0.2, -0.15) is 12.7 Å². The van der Waals surface area contributed by atoms with Crippen LogP contribution in [0.2, 0.25) is 0 Å². The molecule has 188 valence electrons. The normalized spacial score (nSPS) is 15.1. The summed E-state index contributed by atoms with van der Waals surface area (Å²) >= 11 is 0. The molecule has 1 fully saturated rings. The van der Waals surface area contributed by atoms with E-state index in [0.29, 0.717) is 26.2 Å². The maximum absolute atomic E-state index is 13.6. The Morgan fingerprint density at radius 2 is 1.56 bits per heavy atom. The summed E-state index contributed by atoms with van der Waals surface area (Å²) in [6, 6.07) is 14.5. The maximum atomic E-state index is 13.6. The molecular formula is C25H28FN7O2S. The molecule has 2 aromatic carbocycles. The molecule has 2 N–H and O–H groups in total. The van der Waals surface area contributed by atoms with E-state index >= 15 is 0 Å². The van der Waals surface area contributed by atoms with E-state index in [1.54, 1.807) is 24.7 Å². The third kappa shape index (κ3) is 4.64. The highest BCUT2D eigenvalue weighted by Crippen LogP contribution is 2.34. The van der Waals surface area contributed by atoms with E-state index in [2.05, 4.69) is 33.3 Å². The van der Waals surface area contributed by atoms with Crippen LogP contribution in [0.1, 0.15) is 19.9 Å². The van der Waals surface area contributed by atoms with E-state index in [0.717, 1.165) is 34.2 Å². The van der Waals surface area contributed by atoms with Crippen LogP contribution in [0.25, 0.3) is 28.5 Å². The minimum absolute atomic E-state index is 0.144. The number of hydrogen-bond acceptors (Lipinski definition) is 5. The highest BCUT2D eigenvalue weighted by atomic mass is 32.2.